The molecule has 0 saturated heterocycles. The van der Waals surface area contributed by atoms with Crippen LogP contribution in [-0.2, 0) is 5.60 Å². The summed E-state index contributed by atoms with van der Waals surface area (Å²) in [5.41, 5.74) is 2.48. The number of hydrogen-bond acceptors (Lipinski definition) is 3. The normalized spacial score (nSPS) is 15.2. The summed E-state index contributed by atoms with van der Waals surface area (Å²) in [6.45, 7) is 3.50. The molecule has 1 atom stereocenters. The average molecular weight is 198 g/mol. The highest BCUT2D eigenvalue weighted by atomic mass is 19.1. The van der Waals surface area contributed by atoms with Gasteiger partial charge >= 0.3 is 0 Å². The molecule has 3 nitrogen and oxygen atoms in total. The molecule has 78 valence electrons. The van der Waals surface area contributed by atoms with E-state index in [1.165, 1.54) is 6.07 Å². The van der Waals surface area contributed by atoms with E-state index in [2.05, 4.69) is 5.43 Å². The van der Waals surface area contributed by atoms with Crippen molar-refractivity contribution in [3.05, 3.63) is 35.1 Å². The smallest absolute Gasteiger partial charge is 0.126 e. The molecule has 4 heteroatoms. The van der Waals surface area contributed by atoms with Crippen molar-refractivity contribution in [1.29, 1.82) is 0 Å². The maximum Gasteiger partial charge on any atom is 0.126 e. The average Bonchev–Trinajstić information content (AvgIpc) is 2.09. The Balaban J connectivity index is 3.01. The first-order chi connectivity index (χ1) is 6.47. The Morgan fingerprint density at radius 3 is 2.71 bits per heavy atom. The first-order valence-electron chi connectivity index (χ1n) is 4.40. The summed E-state index contributed by atoms with van der Waals surface area (Å²) in [6.07, 6.45) is 0. The van der Waals surface area contributed by atoms with Crippen LogP contribution in [0.15, 0.2) is 18.2 Å². The van der Waals surface area contributed by atoms with E-state index in [0.29, 0.717) is 11.1 Å². The molecule has 1 unspecified atom stereocenters. The van der Waals surface area contributed by atoms with Crippen LogP contribution in [0.2, 0.25) is 0 Å². The molecule has 0 aliphatic heterocycles. The molecule has 1 aromatic rings. The Morgan fingerprint density at radius 1 is 1.57 bits per heavy atom. The highest BCUT2D eigenvalue weighted by molar-refractivity contribution is 5.28. The van der Waals surface area contributed by atoms with Crippen LogP contribution in [0.4, 0.5) is 4.39 Å². The second kappa shape index (κ2) is 4.04. The van der Waals surface area contributed by atoms with Crippen LogP contribution in [0.5, 0.6) is 0 Å². The zero-order chi connectivity index (χ0) is 10.8. The summed E-state index contributed by atoms with van der Waals surface area (Å²) in [7, 11) is 0. The summed E-state index contributed by atoms with van der Waals surface area (Å²) >= 11 is 0. The van der Waals surface area contributed by atoms with Crippen molar-refractivity contribution in [2.24, 2.45) is 5.84 Å². The summed E-state index contributed by atoms with van der Waals surface area (Å²) in [5.74, 6) is 4.86. The molecule has 1 aromatic carbocycles. The summed E-state index contributed by atoms with van der Waals surface area (Å²) < 4.78 is 13.0. The third-order valence-electron chi connectivity index (χ3n) is 2.23. The van der Waals surface area contributed by atoms with E-state index in [1.54, 1.807) is 26.0 Å². The molecule has 0 fully saturated rings. The Bertz CT molecular complexity index is 326. The van der Waals surface area contributed by atoms with Gasteiger partial charge in [-0.1, -0.05) is 12.1 Å². The first-order valence-corrected chi connectivity index (χ1v) is 4.40. The number of aliphatic hydroxyl groups is 1. The molecule has 1 rings (SSSR count). The largest absolute Gasteiger partial charge is 0.384 e. The fourth-order valence-corrected chi connectivity index (χ4v) is 1.28. The zero-order valence-electron chi connectivity index (χ0n) is 8.34. The quantitative estimate of drug-likeness (QED) is 0.497. The van der Waals surface area contributed by atoms with E-state index in [1.807, 2.05) is 0 Å². The van der Waals surface area contributed by atoms with Gasteiger partial charge in [0.05, 0.1) is 0 Å². The molecule has 4 N–H and O–H groups in total. The lowest BCUT2D eigenvalue weighted by molar-refractivity contribution is 0.0571. The monoisotopic (exact) mass is 198 g/mol. The number of nitrogens with one attached hydrogen (secondary N) is 1. The van der Waals surface area contributed by atoms with Gasteiger partial charge in [0, 0.05) is 6.54 Å². The molecule has 0 aliphatic carbocycles. The second-order valence-electron chi connectivity index (χ2n) is 3.62. The Labute approximate surface area is 82.7 Å². The topological polar surface area (TPSA) is 58.3 Å². The van der Waals surface area contributed by atoms with Gasteiger partial charge in [-0.2, -0.15) is 0 Å². The molecule has 0 bridgehead atoms. The molecule has 14 heavy (non-hydrogen) atoms. The van der Waals surface area contributed by atoms with Gasteiger partial charge < -0.3 is 5.11 Å². The molecular weight excluding hydrogens is 183 g/mol. The van der Waals surface area contributed by atoms with Crippen molar-refractivity contribution in [3.63, 3.8) is 0 Å². The molecule has 0 aromatic heterocycles. The molecule has 0 heterocycles. The summed E-state index contributed by atoms with van der Waals surface area (Å²) in [6, 6.07) is 4.52. The van der Waals surface area contributed by atoms with Crippen molar-refractivity contribution < 1.29 is 9.50 Å². The van der Waals surface area contributed by atoms with Crippen LogP contribution in [0.3, 0.4) is 0 Å². The first kappa shape index (κ1) is 11.1. The van der Waals surface area contributed by atoms with Gasteiger partial charge in [0.25, 0.3) is 0 Å². The maximum absolute atomic E-state index is 13.0. The van der Waals surface area contributed by atoms with Gasteiger partial charge in [0.15, 0.2) is 0 Å². The Kier molecular flexibility index (Phi) is 3.21. The van der Waals surface area contributed by atoms with Gasteiger partial charge in [-0.3, -0.25) is 11.3 Å². The Morgan fingerprint density at radius 2 is 2.21 bits per heavy atom. The minimum atomic E-state index is -1.08. The van der Waals surface area contributed by atoms with Crippen molar-refractivity contribution >= 4 is 0 Å². The summed E-state index contributed by atoms with van der Waals surface area (Å²) in [4.78, 5) is 0. The number of hydrogen-bond donors (Lipinski definition) is 3. The van der Waals surface area contributed by atoms with E-state index in [-0.39, 0.29) is 12.4 Å². The van der Waals surface area contributed by atoms with Gasteiger partial charge in [0.2, 0.25) is 0 Å². The van der Waals surface area contributed by atoms with Crippen LogP contribution < -0.4 is 11.3 Å². The van der Waals surface area contributed by atoms with E-state index in [0.717, 1.165) is 0 Å². The van der Waals surface area contributed by atoms with Gasteiger partial charge in [-0.25, -0.2) is 4.39 Å². The minimum Gasteiger partial charge on any atom is -0.384 e. The predicted octanol–water partition coefficient (Wildman–Crippen LogP) is 0.805. The molecule has 0 spiro atoms. The van der Waals surface area contributed by atoms with Gasteiger partial charge in [-0.05, 0) is 31.0 Å². The molecule has 0 aliphatic rings. The SMILES string of the molecule is Cc1cc(C(C)(O)CNN)ccc1F. The lowest BCUT2D eigenvalue weighted by Gasteiger charge is -2.23. The van der Waals surface area contributed by atoms with Crippen LogP contribution in [0, 0.1) is 12.7 Å². The minimum absolute atomic E-state index is 0.220. The Hall–Kier alpha value is -0.970. The standard InChI is InChI=1S/C10H15FN2O/c1-7-5-8(3-4-9(7)11)10(2,14)6-13-12/h3-5,13-14H,6,12H2,1-2H3. The summed E-state index contributed by atoms with van der Waals surface area (Å²) in [5, 5.41) is 9.94. The number of benzene rings is 1. The highest BCUT2D eigenvalue weighted by Gasteiger charge is 2.22. The van der Waals surface area contributed by atoms with E-state index >= 15 is 0 Å². The number of aryl methyl sites for hydroxylation is 1. The van der Waals surface area contributed by atoms with Crippen LogP contribution in [-0.4, -0.2) is 11.7 Å². The van der Waals surface area contributed by atoms with Crippen molar-refractivity contribution in [2.45, 2.75) is 19.4 Å². The predicted molar refractivity (Wildman–Crippen MR) is 52.9 cm³/mol. The molecule has 0 radical (unpaired) electrons. The van der Waals surface area contributed by atoms with E-state index < -0.39 is 5.60 Å². The number of rotatable bonds is 3. The fraction of sp³-hybridized carbons (Fsp3) is 0.400. The lowest BCUT2D eigenvalue weighted by Crippen LogP contribution is -2.38. The second-order valence-corrected chi connectivity index (χ2v) is 3.62. The van der Waals surface area contributed by atoms with Crippen LogP contribution >= 0.6 is 0 Å². The van der Waals surface area contributed by atoms with Crippen molar-refractivity contribution in [1.82, 2.24) is 5.43 Å². The molecular formula is C10H15FN2O. The number of hydrazine groups is 1. The fourth-order valence-electron chi connectivity index (χ4n) is 1.28. The highest BCUT2D eigenvalue weighted by Crippen LogP contribution is 2.21. The zero-order valence-corrected chi connectivity index (χ0v) is 8.34. The van der Waals surface area contributed by atoms with Crippen LogP contribution in [0.25, 0.3) is 0 Å². The number of nitrogens with two attached hydrogens (primary N) is 1. The third kappa shape index (κ3) is 2.29. The van der Waals surface area contributed by atoms with E-state index in [4.69, 9.17) is 5.84 Å². The van der Waals surface area contributed by atoms with Crippen LogP contribution in [0.1, 0.15) is 18.1 Å². The van der Waals surface area contributed by atoms with Crippen molar-refractivity contribution in [2.75, 3.05) is 6.54 Å². The molecule has 0 saturated carbocycles. The van der Waals surface area contributed by atoms with E-state index in [9.17, 15) is 9.50 Å². The molecule has 0 amide bonds. The third-order valence-corrected chi connectivity index (χ3v) is 2.23. The number of halogens is 1. The van der Waals surface area contributed by atoms with Gasteiger partial charge in [-0.15, -0.1) is 0 Å². The maximum atomic E-state index is 13.0. The lowest BCUT2D eigenvalue weighted by atomic mass is 9.94. The van der Waals surface area contributed by atoms with Crippen molar-refractivity contribution in [3.8, 4) is 0 Å². The van der Waals surface area contributed by atoms with Gasteiger partial charge in [0.1, 0.15) is 11.4 Å².